The van der Waals surface area contributed by atoms with Gasteiger partial charge in [0, 0.05) is 38.0 Å². The summed E-state index contributed by atoms with van der Waals surface area (Å²) in [6.07, 6.45) is 0. The van der Waals surface area contributed by atoms with Gasteiger partial charge in [0.15, 0.2) is 5.65 Å². The monoisotopic (exact) mass is 235 g/mol. The third-order valence-electron chi connectivity index (χ3n) is 2.35. The molecule has 92 valence electrons. The Morgan fingerprint density at radius 1 is 1.47 bits per heavy atom. The Balaban J connectivity index is 2.42. The number of nitrogens with two attached hydrogens (primary N) is 1. The molecule has 0 fully saturated rings. The Kier molecular flexibility index (Phi) is 3.55. The largest absolute Gasteiger partial charge is 0.378 e. The third-order valence-corrected chi connectivity index (χ3v) is 2.35. The van der Waals surface area contributed by atoms with Crippen molar-refractivity contribution >= 4 is 11.5 Å². The molecular formula is C11H17N5O. The molecule has 0 saturated carbocycles. The first-order chi connectivity index (χ1) is 8.24. The molecule has 0 aromatic carbocycles. The van der Waals surface area contributed by atoms with Gasteiger partial charge >= 0.3 is 0 Å². The zero-order valence-electron chi connectivity index (χ0n) is 10.1. The number of hydrogen-bond acceptors (Lipinski definition) is 5. The summed E-state index contributed by atoms with van der Waals surface area (Å²) in [7, 11) is 1.65. The lowest BCUT2D eigenvalue weighted by Gasteiger charge is -2.07. The second kappa shape index (κ2) is 5.11. The van der Waals surface area contributed by atoms with Crippen molar-refractivity contribution in [2.45, 2.75) is 13.5 Å². The quantitative estimate of drug-likeness (QED) is 0.791. The Labute approximate surface area is 99.8 Å². The molecule has 6 heteroatoms. The minimum atomic E-state index is 0.485. The summed E-state index contributed by atoms with van der Waals surface area (Å²) < 4.78 is 6.84. The molecule has 0 bridgehead atoms. The van der Waals surface area contributed by atoms with Crippen molar-refractivity contribution < 1.29 is 4.74 Å². The number of anilines is 1. The van der Waals surface area contributed by atoms with E-state index in [1.807, 2.05) is 19.1 Å². The molecule has 0 atom stereocenters. The number of aromatic nitrogens is 3. The average Bonchev–Trinajstić information content (AvgIpc) is 2.68. The highest BCUT2D eigenvalue weighted by atomic mass is 16.5. The van der Waals surface area contributed by atoms with Crippen molar-refractivity contribution in [3.8, 4) is 0 Å². The highest BCUT2D eigenvalue weighted by Crippen LogP contribution is 2.14. The smallest absolute Gasteiger partial charge is 0.157 e. The van der Waals surface area contributed by atoms with Gasteiger partial charge in [-0.2, -0.15) is 9.61 Å². The second-order valence-electron chi connectivity index (χ2n) is 3.84. The number of nitrogens with one attached hydrogen (secondary N) is 1. The van der Waals surface area contributed by atoms with Gasteiger partial charge in [-0.15, -0.1) is 0 Å². The van der Waals surface area contributed by atoms with Gasteiger partial charge in [-0.1, -0.05) is 0 Å². The van der Waals surface area contributed by atoms with Crippen LogP contribution in [0.25, 0.3) is 5.65 Å². The number of rotatable bonds is 5. The van der Waals surface area contributed by atoms with E-state index in [4.69, 9.17) is 10.5 Å². The molecule has 2 heterocycles. The number of nitrogens with zero attached hydrogens (tertiary/aromatic N) is 3. The first-order valence-corrected chi connectivity index (χ1v) is 5.54. The Morgan fingerprint density at radius 2 is 2.29 bits per heavy atom. The third kappa shape index (κ3) is 2.54. The summed E-state index contributed by atoms with van der Waals surface area (Å²) in [6, 6.07) is 3.87. The zero-order chi connectivity index (χ0) is 12.3. The molecule has 17 heavy (non-hydrogen) atoms. The van der Waals surface area contributed by atoms with Crippen molar-refractivity contribution in [2.24, 2.45) is 5.73 Å². The van der Waals surface area contributed by atoms with Gasteiger partial charge in [0.05, 0.1) is 12.3 Å². The van der Waals surface area contributed by atoms with Crippen LogP contribution < -0.4 is 11.1 Å². The van der Waals surface area contributed by atoms with Crippen LogP contribution in [-0.2, 0) is 11.3 Å². The normalized spacial score (nSPS) is 11.0. The van der Waals surface area contributed by atoms with Crippen LogP contribution in [0.2, 0.25) is 0 Å². The molecule has 0 unspecified atom stereocenters. The van der Waals surface area contributed by atoms with E-state index in [0.29, 0.717) is 19.7 Å². The van der Waals surface area contributed by atoms with Gasteiger partial charge in [-0.05, 0) is 6.92 Å². The maximum Gasteiger partial charge on any atom is 0.157 e. The van der Waals surface area contributed by atoms with Crippen LogP contribution in [0.1, 0.15) is 11.4 Å². The fourth-order valence-electron chi connectivity index (χ4n) is 1.69. The second-order valence-corrected chi connectivity index (χ2v) is 3.84. The van der Waals surface area contributed by atoms with Crippen LogP contribution >= 0.6 is 0 Å². The van der Waals surface area contributed by atoms with E-state index in [-0.39, 0.29) is 0 Å². The lowest BCUT2D eigenvalue weighted by Crippen LogP contribution is -2.15. The predicted molar refractivity (Wildman–Crippen MR) is 66.0 cm³/mol. The summed E-state index contributed by atoms with van der Waals surface area (Å²) in [4.78, 5) is 4.42. The van der Waals surface area contributed by atoms with Crippen molar-refractivity contribution in [2.75, 3.05) is 25.5 Å². The van der Waals surface area contributed by atoms with Gasteiger partial charge in [-0.3, -0.25) is 0 Å². The standard InChI is InChI=1S/C11H17N5O/c1-8-5-10(13-4-3-12)16-11(14-8)6-9(15-16)7-17-2/h5-6,13H,3-4,7,12H2,1-2H3. The SMILES string of the molecule is COCc1cc2nc(C)cc(NCCN)n2n1. The van der Waals surface area contributed by atoms with Crippen molar-refractivity contribution in [1.29, 1.82) is 0 Å². The van der Waals surface area contributed by atoms with Crippen molar-refractivity contribution in [3.05, 3.63) is 23.5 Å². The van der Waals surface area contributed by atoms with Crippen molar-refractivity contribution in [1.82, 2.24) is 14.6 Å². The lowest BCUT2D eigenvalue weighted by atomic mass is 10.4. The first kappa shape index (κ1) is 11.8. The summed E-state index contributed by atoms with van der Waals surface area (Å²) in [5.74, 6) is 0.903. The molecule has 0 saturated heterocycles. The van der Waals surface area contributed by atoms with Crippen molar-refractivity contribution in [3.63, 3.8) is 0 Å². The Hall–Kier alpha value is -1.66. The summed E-state index contributed by atoms with van der Waals surface area (Å²) in [5, 5.41) is 7.65. The molecule has 2 aromatic rings. The van der Waals surface area contributed by atoms with E-state index in [1.54, 1.807) is 11.6 Å². The molecular weight excluding hydrogens is 218 g/mol. The molecule has 0 aliphatic carbocycles. The van der Waals surface area contributed by atoms with Gasteiger partial charge in [-0.25, -0.2) is 4.98 Å². The average molecular weight is 235 g/mol. The summed E-state index contributed by atoms with van der Waals surface area (Å²) >= 11 is 0. The number of fused-ring (bicyclic) bond motifs is 1. The molecule has 2 aromatic heterocycles. The summed E-state index contributed by atoms with van der Waals surface area (Å²) in [5.41, 5.74) is 8.11. The Morgan fingerprint density at radius 3 is 3.00 bits per heavy atom. The number of hydrogen-bond donors (Lipinski definition) is 2. The van der Waals surface area contributed by atoms with E-state index in [0.717, 1.165) is 22.9 Å². The van der Waals surface area contributed by atoms with E-state index < -0.39 is 0 Å². The first-order valence-electron chi connectivity index (χ1n) is 5.54. The van der Waals surface area contributed by atoms with E-state index in [1.165, 1.54) is 0 Å². The van der Waals surface area contributed by atoms with Gasteiger partial charge in [0.25, 0.3) is 0 Å². The minimum absolute atomic E-state index is 0.485. The highest BCUT2D eigenvalue weighted by molar-refractivity contribution is 5.50. The van der Waals surface area contributed by atoms with Gasteiger partial charge in [0.2, 0.25) is 0 Å². The van der Waals surface area contributed by atoms with E-state index >= 15 is 0 Å². The number of ether oxygens (including phenoxy) is 1. The maximum absolute atomic E-state index is 5.48. The van der Waals surface area contributed by atoms with Crippen LogP contribution in [0.5, 0.6) is 0 Å². The van der Waals surface area contributed by atoms with Crippen LogP contribution in [0, 0.1) is 6.92 Å². The molecule has 3 N–H and O–H groups in total. The van der Waals surface area contributed by atoms with Crippen LogP contribution in [-0.4, -0.2) is 34.8 Å². The highest BCUT2D eigenvalue weighted by Gasteiger charge is 2.07. The topological polar surface area (TPSA) is 77.5 Å². The Bertz CT molecular complexity index is 508. The van der Waals surface area contributed by atoms with Gasteiger partial charge < -0.3 is 15.8 Å². The molecule has 0 aliphatic rings. The molecule has 0 aliphatic heterocycles. The minimum Gasteiger partial charge on any atom is -0.378 e. The van der Waals surface area contributed by atoms with Crippen LogP contribution in [0.4, 0.5) is 5.82 Å². The summed E-state index contributed by atoms with van der Waals surface area (Å²) in [6.45, 7) is 3.72. The fourth-order valence-corrected chi connectivity index (χ4v) is 1.69. The molecule has 6 nitrogen and oxygen atoms in total. The predicted octanol–water partition coefficient (Wildman–Crippen LogP) is 0.555. The zero-order valence-corrected chi connectivity index (χ0v) is 10.1. The number of methoxy groups -OCH3 is 1. The molecule has 0 radical (unpaired) electrons. The maximum atomic E-state index is 5.48. The molecule has 0 spiro atoms. The van der Waals surface area contributed by atoms with Crippen LogP contribution in [0.3, 0.4) is 0 Å². The van der Waals surface area contributed by atoms with E-state index in [9.17, 15) is 0 Å². The molecule has 0 amide bonds. The fraction of sp³-hybridized carbons (Fsp3) is 0.455. The van der Waals surface area contributed by atoms with Crippen LogP contribution in [0.15, 0.2) is 12.1 Å². The number of aryl methyl sites for hydroxylation is 1. The lowest BCUT2D eigenvalue weighted by molar-refractivity contribution is 0.181. The molecule has 2 rings (SSSR count). The van der Waals surface area contributed by atoms with Gasteiger partial charge in [0.1, 0.15) is 5.82 Å². The van der Waals surface area contributed by atoms with E-state index in [2.05, 4.69) is 15.4 Å².